The molecule has 0 bridgehead atoms. The number of hydrogen-bond acceptors (Lipinski definition) is 7. The maximum absolute atomic E-state index is 13.3. The van der Waals surface area contributed by atoms with Crippen molar-refractivity contribution in [3.05, 3.63) is 152 Å². The van der Waals surface area contributed by atoms with Gasteiger partial charge in [-0.25, -0.2) is 14.4 Å². The lowest BCUT2D eigenvalue weighted by Gasteiger charge is -2.33. The highest BCUT2D eigenvalue weighted by atomic mass is 16.6. The van der Waals surface area contributed by atoms with Gasteiger partial charge in [0, 0.05) is 17.5 Å². The Hall–Kier alpha value is -5.56. The van der Waals surface area contributed by atoms with E-state index in [0.29, 0.717) is 16.5 Å². The number of benzene rings is 1. The van der Waals surface area contributed by atoms with Crippen LogP contribution in [0.5, 0.6) is 11.5 Å². The molecule has 1 aromatic heterocycles. The Kier molecular flexibility index (Phi) is 15.4. The molecule has 0 amide bonds. The molecule has 0 N–H and O–H groups in total. The second-order valence-electron chi connectivity index (χ2n) is 17.0. The van der Waals surface area contributed by atoms with E-state index < -0.39 is 23.3 Å². The highest BCUT2D eigenvalue weighted by Crippen LogP contribution is 2.42. The fraction of sp³-hybridized carbons (Fsp3) is 0.373. The first kappa shape index (κ1) is 45.1. The molecule has 0 spiro atoms. The fourth-order valence-corrected chi connectivity index (χ4v) is 7.56. The lowest BCUT2D eigenvalue weighted by atomic mass is 9.72. The summed E-state index contributed by atoms with van der Waals surface area (Å²) in [5, 5.41) is 0.314. The van der Waals surface area contributed by atoms with Crippen LogP contribution in [0.2, 0.25) is 0 Å². The largest absolute Gasteiger partial charge is 0.419 e. The molecule has 0 fully saturated rings. The van der Waals surface area contributed by atoms with Crippen LogP contribution >= 0.6 is 0 Å². The molecule has 7 heteroatoms. The van der Waals surface area contributed by atoms with Gasteiger partial charge in [0.2, 0.25) is 5.75 Å². The van der Waals surface area contributed by atoms with E-state index in [-0.39, 0.29) is 33.5 Å². The third kappa shape index (κ3) is 12.5. The molecular weight excluding hydrogens is 725 g/mol. The molecule has 1 aromatic carbocycles. The van der Waals surface area contributed by atoms with Crippen LogP contribution in [0, 0.1) is 10.8 Å². The maximum atomic E-state index is 13.3. The summed E-state index contributed by atoms with van der Waals surface area (Å²) in [6.45, 7) is 22.4. The second-order valence-corrected chi connectivity index (χ2v) is 17.0. The molecule has 2 aliphatic rings. The summed E-state index contributed by atoms with van der Waals surface area (Å²) in [6, 6.07) is 4.31. The van der Waals surface area contributed by atoms with Crippen molar-refractivity contribution in [2.75, 3.05) is 0 Å². The first-order valence-corrected chi connectivity index (χ1v) is 20.2. The molecule has 2 aromatic rings. The van der Waals surface area contributed by atoms with Gasteiger partial charge in [-0.2, -0.15) is 0 Å². The molecular formula is C51H60O7. The second kappa shape index (κ2) is 19.7. The summed E-state index contributed by atoms with van der Waals surface area (Å²) in [5.74, 6) is -2.38. The van der Waals surface area contributed by atoms with E-state index in [9.17, 15) is 19.2 Å². The number of allylic oxidation sites excluding steroid dienone is 18. The molecule has 0 saturated carbocycles. The summed E-state index contributed by atoms with van der Waals surface area (Å²) in [4.78, 5) is 51.2. The van der Waals surface area contributed by atoms with Gasteiger partial charge in [-0.15, -0.1) is 0 Å². The van der Waals surface area contributed by atoms with Crippen LogP contribution in [0.25, 0.3) is 11.0 Å². The first-order valence-electron chi connectivity index (χ1n) is 20.2. The molecule has 0 saturated heterocycles. The molecule has 0 atom stereocenters. The van der Waals surface area contributed by atoms with Crippen LogP contribution < -0.4 is 15.1 Å². The fourth-order valence-electron chi connectivity index (χ4n) is 7.56. The third-order valence-electron chi connectivity index (χ3n) is 10.9. The van der Waals surface area contributed by atoms with Gasteiger partial charge in [0.1, 0.15) is 5.56 Å². The Bertz CT molecular complexity index is 2320. The number of carbonyl (C=O) groups excluding carboxylic acids is 3. The van der Waals surface area contributed by atoms with Gasteiger partial charge in [-0.05, 0) is 138 Å². The number of Topliss-reactive ketones (excluding diaryl/α,β-unsaturated/α-hetero) is 1. The number of rotatable bonds is 13. The Labute approximate surface area is 344 Å². The minimum atomic E-state index is -0.904. The molecule has 0 unspecified atom stereocenters. The van der Waals surface area contributed by atoms with Crippen molar-refractivity contribution in [2.24, 2.45) is 10.8 Å². The zero-order valence-corrected chi connectivity index (χ0v) is 36.3. The van der Waals surface area contributed by atoms with E-state index in [1.54, 1.807) is 26.0 Å². The molecule has 0 radical (unpaired) electrons. The Morgan fingerprint density at radius 1 is 0.672 bits per heavy atom. The van der Waals surface area contributed by atoms with E-state index in [2.05, 4.69) is 65.8 Å². The first-order chi connectivity index (χ1) is 27.3. The molecule has 4 rings (SSSR count). The van der Waals surface area contributed by atoms with Crippen LogP contribution in [0.3, 0.4) is 0 Å². The molecule has 0 aliphatic heterocycles. The third-order valence-corrected chi connectivity index (χ3v) is 10.9. The number of carbonyl (C=O) groups is 3. The van der Waals surface area contributed by atoms with Gasteiger partial charge >= 0.3 is 17.6 Å². The van der Waals surface area contributed by atoms with Crippen molar-refractivity contribution >= 4 is 28.7 Å². The smallest absolute Gasteiger partial charge is 0.347 e. The van der Waals surface area contributed by atoms with Crippen molar-refractivity contribution in [3.8, 4) is 11.5 Å². The normalized spacial score (nSPS) is 18.4. The zero-order valence-electron chi connectivity index (χ0n) is 36.3. The summed E-state index contributed by atoms with van der Waals surface area (Å²) < 4.78 is 16.8. The highest BCUT2D eigenvalue weighted by molar-refractivity contribution is 5.99. The van der Waals surface area contributed by atoms with E-state index >= 15 is 0 Å². The van der Waals surface area contributed by atoms with Crippen molar-refractivity contribution in [1.82, 2.24) is 0 Å². The number of ketones is 1. The average Bonchev–Trinajstić information content (AvgIpc) is 3.11. The predicted octanol–water partition coefficient (Wildman–Crippen LogP) is 12.9. The highest BCUT2D eigenvalue weighted by Gasteiger charge is 2.27. The van der Waals surface area contributed by atoms with Crippen molar-refractivity contribution < 1.29 is 28.3 Å². The zero-order chi connectivity index (χ0) is 42.8. The lowest BCUT2D eigenvalue weighted by Crippen LogP contribution is -2.19. The van der Waals surface area contributed by atoms with E-state index in [1.807, 2.05) is 38.2 Å². The molecule has 7 nitrogen and oxygen atoms in total. The van der Waals surface area contributed by atoms with Crippen molar-refractivity contribution in [2.45, 2.75) is 115 Å². The van der Waals surface area contributed by atoms with Crippen molar-refractivity contribution in [3.63, 3.8) is 0 Å². The summed E-state index contributed by atoms with van der Waals surface area (Å²) >= 11 is 0. The predicted molar refractivity (Wildman–Crippen MR) is 236 cm³/mol. The molecule has 2 aliphatic carbocycles. The SMILES string of the molecule is CC(=O)c1cc2ccc(OC(=O)C=C(C)C=CC=C(C)C=CC3=C(C)CCCC3(C)C)c(OC(=O)C=C(C)C=CC=C(C)C=CC3=C(C)CCCC3(C)C)c2oc1=O. The standard InChI is InChI=1S/C51H60O7/c1-33(22-25-42-37(5)20-14-28-50(42,8)9)16-12-18-35(3)30-45(53)56-44-27-24-40-32-41(39(7)52)49(55)58-47(40)48(44)57-46(54)31-36(4)19-13-17-34(2)23-26-43-38(6)21-15-29-51(43,10)11/h12-13,16-19,22-27,30-32H,14-15,20-21,28-29H2,1-11H3. The topological polar surface area (TPSA) is 99.9 Å². The summed E-state index contributed by atoms with van der Waals surface area (Å²) in [7, 11) is 0. The quantitative estimate of drug-likeness (QED) is 0.0498. The molecule has 1 heterocycles. The average molecular weight is 785 g/mol. The molecule has 306 valence electrons. The Morgan fingerprint density at radius 3 is 1.62 bits per heavy atom. The Morgan fingerprint density at radius 2 is 1.16 bits per heavy atom. The van der Waals surface area contributed by atoms with Gasteiger partial charge in [0.05, 0.1) is 0 Å². The molecule has 58 heavy (non-hydrogen) atoms. The minimum absolute atomic E-state index is 0.132. The van der Waals surface area contributed by atoms with Crippen LogP contribution in [0.4, 0.5) is 0 Å². The maximum Gasteiger partial charge on any atom is 0.347 e. The van der Waals surface area contributed by atoms with Crippen LogP contribution in [0.15, 0.2) is 145 Å². The van der Waals surface area contributed by atoms with Crippen LogP contribution in [0.1, 0.15) is 125 Å². The van der Waals surface area contributed by atoms with Crippen LogP contribution in [-0.2, 0) is 9.59 Å². The number of fused-ring (bicyclic) bond motifs is 1. The monoisotopic (exact) mass is 784 g/mol. The van der Waals surface area contributed by atoms with Gasteiger partial charge < -0.3 is 13.9 Å². The summed E-state index contributed by atoms with van der Waals surface area (Å²) in [5.41, 5.74) is 8.11. The van der Waals surface area contributed by atoms with Crippen molar-refractivity contribution in [1.29, 1.82) is 0 Å². The van der Waals surface area contributed by atoms with E-state index in [1.165, 1.54) is 85.3 Å². The van der Waals surface area contributed by atoms with Crippen LogP contribution in [-0.4, -0.2) is 17.7 Å². The Balaban J connectivity index is 1.52. The minimum Gasteiger partial charge on any atom is -0.419 e. The van der Waals surface area contributed by atoms with Gasteiger partial charge in [-0.3, -0.25) is 4.79 Å². The van der Waals surface area contributed by atoms with Gasteiger partial charge in [0.15, 0.2) is 17.1 Å². The number of ether oxygens (including phenoxy) is 2. The van der Waals surface area contributed by atoms with Gasteiger partial charge in [0.25, 0.3) is 0 Å². The van der Waals surface area contributed by atoms with Gasteiger partial charge in [-0.1, -0.05) is 111 Å². The lowest BCUT2D eigenvalue weighted by molar-refractivity contribution is -0.131. The van der Waals surface area contributed by atoms with E-state index in [0.717, 1.165) is 24.0 Å². The van der Waals surface area contributed by atoms with E-state index in [4.69, 9.17) is 13.9 Å². The number of hydrogen-bond donors (Lipinski definition) is 0. The summed E-state index contributed by atoms with van der Waals surface area (Å²) in [6.07, 6.45) is 29.5. The number of esters is 2.